The molecule has 2 heteroatoms. The van der Waals surface area contributed by atoms with Crippen LogP contribution in [0.25, 0.3) is 0 Å². The molecule has 0 aromatic heterocycles. The number of rotatable bonds is 0. The van der Waals surface area contributed by atoms with Gasteiger partial charge in [0.05, 0.1) is 5.69 Å². The maximum Gasteiger partial charge on any atom is 0.138 e. The van der Waals surface area contributed by atoms with Crippen molar-refractivity contribution in [1.29, 1.82) is 0 Å². The van der Waals surface area contributed by atoms with Crippen LogP contribution in [0.2, 0.25) is 0 Å². The van der Waals surface area contributed by atoms with Gasteiger partial charge in [0, 0.05) is 0 Å². The van der Waals surface area contributed by atoms with Crippen LogP contribution in [-0.2, 0) is 5.41 Å². The Balaban J connectivity index is 0.000000791. The highest BCUT2D eigenvalue weighted by atomic mass is 16.3. The van der Waals surface area contributed by atoms with Gasteiger partial charge in [0.25, 0.3) is 0 Å². The van der Waals surface area contributed by atoms with Crippen molar-refractivity contribution in [2.24, 2.45) is 0 Å². The summed E-state index contributed by atoms with van der Waals surface area (Å²) in [5.74, 6) is 0.156. The summed E-state index contributed by atoms with van der Waals surface area (Å²) in [7, 11) is 0. The van der Waals surface area contributed by atoms with Crippen LogP contribution in [0.5, 0.6) is 5.75 Å². The molecule has 0 atom stereocenters. The molecule has 0 bridgehead atoms. The third kappa shape index (κ3) is 3.29. The van der Waals surface area contributed by atoms with Crippen LogP contribution in [0.1, 0.15) is 40.2 Å². The van der Waals surface area contributed by atoms with Gasteiger partial charge in [-0.25, -0.2) is 0 Å². The van der Waals surface area contributed by atoms with Crippen molar-refractivity contribution in [3.05, 3.63) is 23.8 Å². The highest BCUT2D eigenvalue weighted by Gasteiger charge is 2.14. The van der Waals surface area contributed by atoms with Crippen LogP contribution < -0.4 is 5.73 Å². The predicted molar refractivity (Wildman–Crippen MR) is 62.6 cm³/mol. The smallest absolute Gasteiger partial charge is 0.138 e. The van der Waals surface area contributed by atoms with E-state index in [0.29, 0.717) is 5.69 Å². The minimum Gasteiger partial charge on any atom is -0.506 e. The van der Waals surface area contributed by atoms with Crippen LogP contribution >= 0.6 is 0 Å². The van der Waals surface area contributed by atoms with Crippen molar-refractivity contribution in [3.63, 3.8) is 0 Å². The third-order valence-electron chi connectivity index (χ3n) is 1.89. The Morgan fingerprint density at radius 1 is 1.14 bits per heavy atom. The average molecular weight is 195 g/mol. The number of hydrogen-bond donors (Lipinski definition) is 2. The maximum atomic E-state index is 9.18. The second kappa shape index (κ2) is 4.89. The summed E-state index contributed by atoms with van der Waals surface area (Å²) in [6, 6.07) is 5.34. The molecule has 1 aromatic rings. The Hall–Kier alpha value is -1.18. The second-order valence-electron chi connectivity index (χ2n) is 4.02. The van der Waals surface area contributed by atoms with Gasteiger partial charge in [-0.05, 0) is 23.1 Å². The lowest BCUT2D eigenvalue weighted by atomic mass is 9.87. The summed E-state index contributed by atoms with van der Waals surface area (Å²) in [6.45, 7) is 10.3. The molecule has 0 aliphatic rings. The first-order valence-electron chi connectivity index (χ1n) is 5.00. The molecule has 2 nitrogen and oxygen atoms in total. The van der Waals surface area contributed by atoms with Crippen molar-refractivity contribution in [1.82, 2.24) is 0 Å². The fourth-order valence-electron chi connectivity index (χ4n) is 1.02. The minimum absolute atomic E-state index is 0.0851. The Bertz CT molecular complexity index is 287. The van der Waals surface area contributed by atoms with Gasteiger partial charge in [-0.3, -0.25) is 0 Å². The topological polar surface area (TPSA) is 46.2 Å². The minimum atomic E-state index is 0.0851. The summed E-state index contributed by atoms with van der Waals surface area (Å²) < 4.78 is 0. The molecule has 0 amide bonds. The maximum absolute atomic E-state index is 9.18. The number of anilines is 1. The van der Waals surface area contributed by atoms with E-state index in [4.69, 9.17) is 5.73 Å². The number of phenolic OH excluding ortho intramolecular Hbond substituents is 1. The summed E-state index contributed by atoms with van der Waals surface area (Å²) in [5, 5.41) is 9.18. The molecule has 80 valence electrons. The lowest BCUT2D eigenvalue weighted by Crippen LogP contribution is -2.11. The van der Waals surface area contributed by atoms with E-state index < -0.39 is 0 Å². The van der Waals surface area contributed by atoms with Crippen molar-refractivity contribution in [2.75, 3.05) is 5.73 Å². The summed E-state index contributed by atoms with van der Waals surface area (Å²) in [6.07, 6.45) is 0. The molecule has 0 spiro atoms. The highest BCUT2D eigenvalue weighted by Crippen LogP contribution is 2.28. The zero-order valence-electron chi connectivity index (χ0n) is 9.76. The van der Waals surface area contributed by atoms with E-state index in [1.54, 1.807) is 6.07 Å². The fraction of sp³-hybridized carbons (Fsp3) is 0.500. The molecule has 1 rings (SSSR count). The van der Waals surface area contributed by atoms with Crippen LogP contribution in [0.3, 0.4) is 0 Å². The second-order valence-corrected chi connectivity index (χ2v) is 4.02. The molecule has 0 saturated heterocycles. The van der Waals surface area contributed by atoms with E-state index in [2.05, 4.69) is 20.8 Å². The first kappa shape index (κ1) is 12.8. The van der Waals surface area contributed by atoms with Gasteiger partial charge in [-0.2, -0.15) is 0 Å². The van der Waals surface area contributed by atoms with Gasteiger partial charge < -0.3 is 10.8 Å². The normalized spacial score (nSPS) is 10.4. The average Bonchev–Trinajstić information content (AvgIpc) is 2.11. The lowest BCUT2D eigenvalue weighted by molar-refractivity contribution is 0.477. The first-order valence-corrected chi connectivity index (χ1v) is 5.00. The molecule has 0 heterocycles. The summed E-state index contributed by atoms with van der Waals surface area (Å²) >= 11 is 0. The summed E-state index contributed by atoms with van der Waals surface area (Å²) in [5.41, 5.74) is 7.24. The van der Waals surface area contributed by atoms with Crippen molar-refractivity contribution < 1.29 is 5.11 Å². The number of nitrogens with two attached hydrogens (primary N) is 1. The summed E-state index contributed by atoms with van der Waals surface area (Å²) in [4.78, 5) is 0. The molecule has 14 heavy (non-hydrogen) atoms. The number of benzene rings is 1. The van der Waals surface area contributed by atoms with Gasteiger partial charge >= 0.3 is 0 Å². The molecule has 0 saturated carbocycles. The Labute approximate surface area is 86.8 Å². The van der Waals surface area contributed by atoms with Crippen molar-refractivity contribution in [2.45, 2.75) is 40.0 Å². The molecule has 0 aliphatic heterocycles. The predicted octanol–water partition coefficient (Wildman–Crippen LogP) is 3.30. The Morgan fingerprint density at radius 3 is 2.00 bits per heavy atom. The lowest BCUT2D eigenvalue weighted by Gasteiger charge is -2.19. The largest absolute Gasteiger partial charge is 0.506 e. The van der Waals surface area contributed by atoms with Crippen molar-refractivity contribution in [3.8, 4) is 5.75 Å². The van der Waals surface area contributed by atoms with Crippen LogP contribution in [0.15, 0.2) is 18.2 Å². The quantitative estimate of drug-likeness (QED) is 0.493. The standard InChI is InChI=1S/C10H15NO.C2H6/c1-10(2,3)7-4-5-9(12)8(11)6-7;1-2/h4-6,12H,11H2,1-3H3;1-2H3. The van der Waals surface area contributed by atoms with Crippen LogP contribution in [0, 0.1) is 0 Å². The fourth-order valence-corrected chi connectivity index (χ4v) is 1.02. The molecule has 0 unspecified atom stereocenters. The zero-order valence-corrected chi connectivity index (χ0v) is 9.76. The van der Waals surface area contributed by atoms with Gasteiger partial charge in [-0.1, -0.05) is 40.7 Å². The number of hydrogen-bond acceptors (Lipinski definition) is 2. The van der Waals surface area contributed by atoms with E-state index in [0.717, 1.165) is 5.56 Å². The SMILES string of the molecule is CC.CC(C)(C)c1ccc(O)c(N)c1. The van der Waals surface area contributed by atoms with E-state index in [9.17, 15) is 5.11 Å². The van der Waals surface area contributed by atoms with Gasteiger partial charge in [0.15, 0.2) is 0 Å². The van der Waals surface area contributed by atoms with E-state index in [1.165, 1.54) is 0 Å². The highest BCUT2D eigenvalue weighted by molar-refractivity contribution is 5.54. The zero-order chi connectivity index (χ0) is 11.4. The van der Waals surface area contributed by atoms with Gasteiger partial charge in [0.2, 0.25) is 0 Å². The van der Waals surface area contributed by atoms with E-state index in [1.807, 2.05) is 26.0 Å². The van der Waals surface area contributed by atoms with Crippen LogP contribution in [0.4, 0.5) is 5.69 Å². The van der Waals surface area contributed by atoms with Gasteiger partial charge in [0.1, 0.15) is 5.75 Å². The number of aromatic hydroxyl groups is 1. The van der Waals surface area contributed by atoms with E-state index in [-0.39, 0.29) is 11.2 Å². The van der Waals surface area contributed by atoms with Crippen LogP contribution in [-0.4, -0.2) is 5.11 Å². The molecule has 3 N–H and O–H groups in total. The van der Waals surface area contributed by atoms with Gasteiger partial charge in [-0.15, -0.1) is 0 Å². The number of phenols is 1. The molecule has 0 aliphatic carbocycles. The Kier molecular flexibility index (Phi) is 4.48. The molecule has 0 fully saturated rings. The monoisotopic (exact) mass is 195 g/mol. The molecule has 0 radical (unpaired) electrons. The first-order chi connectivity index (χ1) is 6.41. The van der Waals surface area contributed by atoms with E-state index >= 15 is 0 Å². The van der Waals surface area contributed by atoms with Crippen molar-refractivity contribution >= 4 is 5.69 Å². The number of nitrogen functional groups attached to an aromatic ring is 1. The molecular weight excluding hydrogens is 174 g/mol. The Morgan fingerprint density at radius 2 is 1.64 bits per heavy atom. The third-order valence-corrected chi connectivity index (χ3v) is 1.89. The molecular formula is C12H21NO. The molecule has 1 aromatic carbocycles.